The Balaban J connectivity index is 2.23. The van der Waals surface area contributed by atoms with E-state index in [1.165, 1.54) is 11.8 Å². The van der Waals surface area contributed by atoms with Gasteiger partial charge in [-0.25, -0.2) is 0 Å². The van der Waals surface area contributed by atoms with Crippen LogP contribution in [0, 0.1) is 0 Å². The van der Waals surface area contributed by atoms with Gasteiger partial charge in [0.1, 0.15) is 0 Å². The molecule has 1 aromatic carbocycles. The number of H-pyrrole nitrogens is 2. The van der Waals surface area contributed by atoms with Crippen LogP contribution in [0.3, 0.4) is 0 Å². The minimum atomic E-state index is -0.107. The Morgan fingerprint density at radius 1 is 1.21 bits per heavy atom. The van der Waals surface area contributed by atoms with Gasteiger partial charge in [0.25, 0.3) is 5.56 Å². The SMILES string of the molecule is O=c1[nH][nH]cc1Sc1ccc(Cl)cc1. The fourth-order valence-corrected chi connectivity index (χ4v) is 1.91. The first-order chi connectivity index (χ1) is 6.75. The molecule has 0 aliphatic rings. The van der Waals surface area contributed by atoms with Crippen LogP contribution in [0.2, 0.25) is 5.02 Å². The van der Waals surface area contributed by atoms with Gasteiger partial charge >= 0.3 is 0 Å². The van der Waals surface area contributed by atoms with E-state index in [4.69, 9.17) is 11.6 Å². The molecule has 1 aromatic heterocycles. The highest BCUT2D eigenvalue weighted by Crippen LogP contribution is 2.25. The molecule has 0 atom stereocenters. The molecule has 0 aliphatic heterocycles. The van der Waals surface area contributed by atoms with E-state index >= 15 is 0 Å². The number of aromatic amines is 2. The Bertz CT molecular complexity index is 474. The maximum absolute atomic E-state index is 11.2. The summed E-state index contributed by atoms with van der Waals surface area (Å²) in [7, 11) is 0. The summed E-state index contributed by atoms with van der Waals surface area (Å²) >= 11 is 7.14. The van der Waals surface area contributed by atoms with Crippen LogP contribution in [-0.2, 0) is 0 Å². The van der Waals surface area contributed by atoms with Crippen LogP contribution < -0.4 is 5.56 Å². The quantitative estimate of drug-likeness (QED) is 0.827. The fourth-order valence-electron chi connectivity index (χ4n) is 1.000. The van der Waals surface area contributed by atoms with E-state index in [1.54, 1.807) is 18.3 Å². The first kappa shape index (κ1) is 9.43. The lowest BCUT2D eigenvalue weighted by Crippen LogP contribution is -1.99. The van der Waals surface area contributed by atoms with Gasteiger partial charge in [-0.2, -0.15) is 0 Å². The van der Waals surface area contributed by atoms with Crippen LogP contribution in [0.4, 0.5) is 0 Å². The van der Waals surface area contributed by atoms with Gasteiger partial charge in [-0.15, -0.1) is 0 Å². The van der Waals surface area contributed by atoms with Crippen LogP contribution in [0.25, 0.3) is 0 Å². The molecule has 14 heavy (non-hydrogen) atoms. The lowest BCUT2D eigenvalue weighted by molar-refractivity contribution is 1.05. The standard InChI is InChI=1S/C9H7ClN2OS/c10-6-1-3-7(4-2-6)14-8-5-11-12-9(8)13/h1-5H,(H2,11,12,13). The average molecular weight is 227 g/mol. The second-order valence-corrected chi connectivity index (χ2v) is 4.21. The fraction of sp³-hybridized carbons (Fsp3) is 0. The molecule has 2 rings (SSSR count). The molecule has 0 bridgehead atoms. The molecule has 0 saturated carbocycles. The molecular weight excluding hydrogens is 220 g/mol. The summed E-state index contributed by atoms with van der Waals surface area (Å²) in [6.07, 6.45) is 1.64. The van der Waals surface area contributed by atoms with E-state index in [1.807, 2.05) is 12.1 Å². The van der Waals surface area contributed by atoms with Gasteiger partial charge in [0, 0.05) is 16.1 Å². The Labute approximate surface area is 89.5 Å². The summed E-state index contributed by atoms with van der Waals surface area (Å²) in [6.45, 7) is 0. The Hall–Kier alpha value is -1.13. The molecule has 72 valence electrons. The molecule has 1 heterocycles. The van der Waals surface area contributed by atoms with Crippen molar-refractivity contribution in [3.63, 3.8) is 0 Å². The van der Waals surface area contributed by atoms with E-state index < -0.39 is 0 Å². The third-order valence-electron chi connectivity index (χ3n) is 1.65. The van der Waals surface area contributed by atoms with E-state index in [0.29, 0.717) is 9.92 Å². The van der Waals surface area contributed by atoms with E-state index in [-0.39, 0.29) is 5.56 Å². The smallest absolute Gasteiger partial charge is 0.277 e. The van der Waals surface area contributed by atoms with Gasteiger partial charge in [0.2, 0.25) is 0 Å². The minimum Gasteiger partial charge on any atom is -0.304 e. The second kappa shape index (κ2) is 3.94. The van der Waals surface area contributed by atoms with Gasteiger partial charge in [0.05, 0.1) is 4.90 Å². The maximum Gasteiger partial charge on any atom is 0.277 e. The van der Waals surface area contributed by atoms with E-state index in [0.717, 1.165) is 4.90 Å². The molecule has 5 heteroatoms. The van der Waals surface area contributed by atoms with Gasteiger partial charge < -0.3 is 5.10 Å². The highest BCUT2D eigenvalue weighted by Gasteiger charge is 2.02. The van der Waals surface area contributed by atoms with Crippen LogP contribution >= 0.6 is 23.4 Å². The predicted molar refractivity (Wildman–Crippen MR) is 57.0 cm³/mol. The number of hydrogen-bond donors (Lipinski definition) is 2. The van der Waals surface area contributed by atoms with Crippen LogP contribution in [0.1, 0.15) is 0 Å². The van der Waals surface area contributed by atoms with Crippen molar-refractivity contribution in [1.82, 2.24) is 10.2 Å². The number of hydrogen-bond acceptors (Lipinski definition) is 2. The molecule has 0 radical (unpaired) electrons. The Kier molecular flexibility index (Phi) is 2.65. The van der Waals surface area contributed by atoms with Gasteiger partial charge in [-0.1, -0.05) is 23.4 Å². The van der Waals surface area contributed by atoms with Crippen LogP contribution in [-0.4, -0.2) is 10.2 Å². The third-order valence-corrected chi connectivity index (χ3v) is 2.94. The van der Waals surface area contributed by atoms with Crippen molar-refractivity contribution in [3.05, 3.63) is 45.8 Å². The molecule has 0 saturated heterocycles. The molecule has 2 N–H and O–H groups in total. The maximum atomic E-state index is 11.2. The monoisotopic (exact) mass is 226 g/mol. The Morgan fingerprint density at radius 3 is 2.50 bits per heavy atom. The summed E-state index contributed by atoms with van der Waals surface area (Å²) in [4.78, 5) is 12.8. The van der Waals surface area contributed by atoms with E-state index in [9.17, 15) is 4.79 Å². The van der Waals surface area contributed by atoms with Crippen molar-refractivity contribution < 1.29 is 0 Å². The lowest BCUT2D eigenvalue weighted by Gasteiger charge is -1.96. The summed E-state index contributed by atoms with van der Waals surface area (Å²) in [5, 5.41) is 5.81. The topological polar surface area (TPSA) is 48.6 Å². The van der Waals surface area contributed by atoms with Crippen LogP contribution in [0.15, 0.2) is 45.0 Å². The first-order valence-electron chi connectivity index (χ1n) is 3.95. The van der Waals surface area contributed by atoms with Crippen molar-refractivity contribution in [3.8, 4) is 0 Å². The number of benzene rings is 1. The summed E-state index contributed by atoms with van der Waals surface area (Å²) in [6, 6.07) is 7.34. The molecule has 0 fully saturated rings. The molecule has 0 spiro atoms. The Morgan fingerprint density at radius 2 is 1.93 bits per heavy atom. The zero-order valence-electron chi connectivity index (χ0n) is 7.08. The highest BCUT2D eigenvalue weighted by molar-refractivity contribution is 7.99. The molecule has 0 unspecified atom stereocenters. The summed E-state index contributed by atoms with van der Waals surface area (Å²) in [5.41, 5.74) is -0.107. The zero-order valence-corrected chi connectivity index (χ0v) is 8.65. The van der Waals surface area contributed by atoms with Crippen molar-refractivity contribution in [2.75, 3.05) is 0 Å². The number of rotatable bonds is 2. The van der Waals surface area contributed by atoms with Gasteiger partial charge in [-0.05, 0) is 24.3 Å². The molecule has 3 nitrogen and oxygen atoms in total. The van der Waals surface area contributed by atoms with Crippen LogP contribution in [0.5, 0.6) is 0 Å². The molecule has 2 aromatic rings. The molecular formula is C9H7ClN2OS. The average Bonchev–Trinajstić information content (AvgIpc) is 2.56. The lowest BCUT2D eigenvalue weighted by atomic mass is 10.4. The molecule has 0 aliphatic carbocycles. The van der Waals surface area contributed by atoms with Gasteiger partial charge in [0.15, 0.2) is 0 Å². The largest absolute Gasteiger partial charge is 0.304 e. The number of nitrogens with one attached hydrogen (secondary N) is 2. The summed E-state index contributed by atoms with van der Waals surface area (Å²) < 4.78 is 0. The van der Waals surface area contributed by atoms with Crippen molar-refractivity contribution in [2.24, 2.45) is 0 Å². The van der Waals surface area contributed by atoms with Crippen molar-refractivity contribution in [1.29, 1.82) is 0 Å². The number of aromatic nitrogens is 2. The third kappa shape index (κ3) is 2.02. The molecule has 0 amide bonds. The zero-order chi connectivity index (χ0) is 9.97. The highest BCUT2D eigenvalue weighted by atomic mass is 35.5. The number of halogens is 1. The van der Waals surface area contributed by atoms with E-state index in [2.05, 4.69) is 10.2 Å². The van der Waals surface area contributed by atoms with Crippen molar-refractivity contribution in [2.45, 2.75) is 9.79 Å². The van der Waals surface area contributed by atoms with Crippen molar-refractivity contribution >= 4 is 23.4 Å². The second-order valence-electron chi connectivity index (χ2n) is 2.66. The first-order valence-corrected chi connectivity index (χ1v) is 5.14. The predicted octanol–water partition coefficient (Wildman–Crippen LogP) is 2.51. The summed E-state index contributed by atoms with van der Waals surface area (Å²) in [5.74, 6) is 0. The normalized spacial score (nSPS) is 10.4. The minimum absolute atomic E-state index is 0.107. The van der Waals surface area contributed by atoms with Gasteiger partial charge in [-0.3, -0.25) is 9.89 Å².